The normalized spacial score (nSPS) is 11.5. The van der Waals surface area contributed by atoms with Crippen molar-refractivity contribution in [2.75, 3.05) is 0 Å². The lowest BCUT2D eigenvalue weighted by molar-refractivity contribution is 0.575. The molecule has 2 rings (SSSR count). The van der Waals surface area contributed by atoms with Gasteiger partial charge in [0.05, 0.1) is 5.02 Å². The summed E-state index contributed by atoms with van der Waals surface area (Å²) in [5, 5.41) is 0.341. The highest BCUT2D eigenvalue weighted by atomic mass is 35.7. The van der Waals surface area contributed by atoms with Crippen LogP contribution in [-0.2, 0) is 18.1 Å². The van der Waals surface area contributed by atoms with Crippen molar-refractivity contribution in [1.29, 1.82) is 0 Å². The zero-order valence-electron chi connectivity index (χ0n) is 10.9. The van der Waals surface area contributed by atoms with Gasteiger partial charge in [0.15, 0.2) is 0 Å². The molecule has 0 aliphatic heterocycles. The summed E-state index contributed by atoms with van der Waals surface area (Å²) in [6.07, 6.45) is 0. The third-order valence-electron chi connectivity index (χ3n) is 2.26. The maximum Gasteiger partial charge on any atom is 0.264 e. The molecular weight excluding hydrogens is 433 g/mol. The van der Waals surface area contributed by atoms with Crippen LogP contribution in [0.1, 0.15) is 0 Å². The standard InChI is InChI=1S/C6H3Cl3O2S.C6H4ClFO2S/c7-4-1-2-5(8)6(3-4)12(9,10)11;7-11(9,10)6-4-2-1-3-5(6)8/h1-3H;1-4H. The highest BCUT2D eigenvalue weighted by Crippen LogP contribution is 2.27. The molecule has 0 heterocycles. The van der Waals surface area contributed by atoms with E-state index >= 15 is 0 Å². The lowest BCUT2D eigenvalue weighted by Gasteiger charge is -1.98. The zero-order chi connectivity index (χ0) is 17.8. The molecule has 0 atom stereocenters. The molecule has 0 N–H and O–H groups in total. The molecule has 2 aromatic carbocycles. The van der Waals surface area contributed by atoms with Gasteiger partial charge in [0.25, 0.3) is 18.1 Å². The molecule has 126 valence electrons. The second kappa shape index (κ2) is 8.00. The van der Waals surface area contributed by atoms with Crippen molar-refractivity contribution < 1.29 is 21.2 Å². The topological polar surface area (TPSA) is 68.3 Å². The maximum absolute atomic E-state index is 12.6. The molecule has 0 aliphatic carbocycles. The Kier molecular flexibility index (Phi) is 7.12. The average Bonchev–Trinajstić information content (AvgIpc) is 2.40. The Hall–Kier alpha value is -0.570. The SMILES string of the molecule is O=S(=O)(Cl)c1cc(Cl)ccc1Cl.O=S(=O)(Cl)c1ccccc1F. The lowest BCUT2D eigenvalue weighted by Crippen LogP contribution is -1.93. The quantitative estimate of drug-likeness (QED) is 0.637. The first-order chi connectivity index (χ1) is 10.4. The molecule has 0 aromatic heterocycles. The van der Waals surface area contributed by atoms with Crippen LogP contribution in [0, 0.1) is 5.82 Å². The number of halogens is 5. The van der Waals surface area contributed by atoms with Crippen LogP contribution in [0.15, 0.2) is 52.3 Å². The maximum atomic E-state index is 12.6. The summed E-state index contributed by atoms with van der Waals surface area (Å²) in [4.78, 5) is -0.653. The molecule has 0 saturated heterocycles. The van der Waals surface area contributed by atoms with Crippen LogP contribution in [0.3, 0.4) is 0 Å². The Morgan fingerprint density at radius 1 is 0.783 bits per heavy atom. The van der Waals surface area contributed by atoms with Crippen molar-refractivity contribution in [2.45, 2.75) is 9.79 Å². The number of hydrogen-bond donors (Lipinski definition) is 0. The lowest BCUT2D eigenvalue weighted by atomic mass is 10.4. The van der Waals surface area contributed by atoms with Gasteiger partial charge in [-0.25, -0.2) is 21.2 Å². The molecule has 0 radical (unpaired) electrons. The fourth-order valence-corrected chi connectivity index (χ4v) is 3.95. The minimum atomic E-state index is -3.94. The van der Waals surface area contributed by atoms with Gasteiger partial charge in [0, 0.05) is 26.4 Å². The van der Waals surface area contributed by atoms with Gasteiger partial charge in [-0.2, -0.15) is 0 Å². The predicted octanol–water partition coefficient (Wildman–Crippen LogP) is 4.67. The molecule has 0 spiro atoms. The Morgan fingerprint density at radius 2 is 1.30 bits per heavy atom. The molecule has 0 fully saturated rings. The Balaban J connectivity index is 0.000000231. The van der Waals surface area contributed by atoms with Gasteiger partial charge in [-0.05, 0) is 30.3 Å². The van der Waals surface area contributed by atoms with Crippen molar-refractivity contribution in [2.24, 2.45) is 0 Å². The van der Waals surface area contributed by atoms with Crippen LogP contribution in [0.5, 0.6) is 0 Å². The molecule has 11 heteroatoms. The summed E-state index contributed by atoms with van der Waals surface area (Å²) >= 11 is 11.1. The highest BCUT2D eigenvalue weighted by molar-refractivity contribution is 8.14. The second-order valence-corrected chi connectivity index (χ2v) is 9.79. The first kappa shape index (κ1) is 20.5. The van der Waals surface area contributed by atoms with Crippen LogP contribution in [0.4, 0.5) is 4.39 Å². The third kappa shape index (κ3) is 6.45. The van der Waals surface area contributed by atoms with Crippen molar-refractivity contribution in [3.63, 3.8) is 0 Å². The molecule has 2 aromatic rings. The van der Waals surface area contributed by atoms with Gasteiger partial charge in [-0.3, -0.25) is 0 Å². The Bertz CT molecular complexity index is 914. The van der Waals surface area contributed by atoms with Crippen molar-refractivity contribution in [3.8, 4) is 0 Å². The summed E-state index contributed by atoms with van der Waals surface area (Å²) < 4.78 is 55.4. The molecule has 0 bridgehead atoms. The van der Waals surface area contributed by atoms with Gasteiger partial charge in [0.1, 0.15) is 15.6 Å². The van der Waals surface area contributed by atoms with Crippen molar-refractivity contribution >= 4 is 62.7 Å². The monoisotopic (exact) mass is 438 g/mol. The van der Waals surface area contributed by atoms with E-state index in [1.165, 1.54) is 30.3 Å². The van der Waals surface area contributed by atoms with Crippen LogP contribution in [0.25, 0.3) is 0 Å². The summed E-state index contributed by atoms with van der Waals surface area (Å²) in [5.41, 5.74) is 0. The molecule has 0 unspecified atom stereocenters. The average molecular weight is 440 g/mol. The number of rotatable bonds is 2. The van der Waals surface area contributed by atoms with E-state index in [9.17, 15) is 21.2 Å². The van der Waals surface area contributed by atoms with Crippen molar-refractivity contribution in [3.05, 3.63) is 58.3 Å². The van der Waals surface area contributed by atoms with Crippen LogP contribution in [0.2, 0.25) is 10.0 Å². The smallest absolute Gasteiger partial charge is 0.207 e. The Labute approximate surface area is 151 Å². The third-order valence-corrected chi connectivity index (χ3v) is 5.65. The van der Waals surface area contributed by atoms with Crippen LogP contribution < -0.4 is 0 Å². The summed E-state index contributed by atoms with van der Waals surface area (Å²) in [6.45, 7) is 0. The van der Waals surface area contributed by atoms with E-state index in [2.05, 4.69) is 0 Å². The fraction of sp³-hybridized carbons (Fsp3) is 0. The van der Waals surface area contributed by atoms with E-state index in [4.69, 9.17) is 44.6 Å². The summed E-state index contributed by atoms with van der Waals surface area (Å²) in [6, 6.07) is 8.99. The van der Waals surface area contributed by atoms with E-state index in [-0.39, 0.29) is 14.9 Å². The van der Waals surface area contributed by atoms with Crippen LogP contribution in [-0.4, -0.2) is 16.8 Å². The highest BCUT2D eigenvalue weighted by Gasteiger charge is 2.15. The van der Waals surface area contributed by atoms with Crippen LogP contribution >= 0.6 is 44.6 Å². The van der Waals surface area contributed by atoms with E-state index in [1.54, 1.807) is 0 Å². The zero-order valence-corrected chi connectivity index (χ0v) is 15.5. The van der Waals surface area contributed by atoms with Gasteiger partial charge in [0.2, 0.25) is 0 Å². The molecule has 4 nitrogen and oxygen atoms in total. The Morgan fingerprint density at radius 3 is 1.70 bits per heavy atom. The van der Waals surface area contributed by atoms with Gasteiger partial charge < -0.3 is 0 Å². The first-order valence-electron chi connectivity index (χ1n) is 5.52. The number of benzene rings is 2. The minimum absolute atomic E-state index is 0.0643. The summed E-state index contributed by atoms with van der Waals surface area (Å²) in [5.74, 6) is -0.831. The largest absolute Gasteiger partial charge is 0.264 e. The van der Waals surface area contributed by atoms with Crippen molar-refractivity contribution in [1.82, 2.24) is 0 Å². The molecule has 0 amide bonds. The second-order valence-electron chi connectivity index (χ2n) is 3.88. The predicted molar refractivity (Wildman–Crippen MR) is 88.9 cm³/mol. The van der Waals surface area contributed by atoms with E-state index in [1.807, 2.05) is 0 Å². The van der Waals surface area contributed by atoms with E-state index < -0.39 is 28.8 Å². The van der Waals surface area contributed by atoms with E-state index in [0.717, 1.165) is 12.1 Å². The van der Waals surface area contributed by atoms with Gasteiger partial charge in [-0.1, -0.05) is 35.3 Å². The molecular formula is C12H7Cl4FO4S2. The fourth-order valence-electron chi connectivity index (χ4n) is 1.31. The number of hydrogen-bond acceptors (Lipinski definition) is 4. The van der Waals surface area contributed by atoms with Gasteiger partial charge in [-0.15, -0.1) is 0 Å². The minimum Gasteiger partial charge on any atom is -0.207 e. The molecule has 0 aliphatic rings. The first-order valence-corrected chi connectivity index (χ1v) is 10.9. The van der Waals surface area contributed by atoms with Gasteiger partial charge >= 0.3 is 0 Å². The van der Waals surface area contributed by atoms with E-state index in [0.29, 0.717) is 0 Å². The molecule has 23 heavy (non-hydrogen) atoms. The molecule has 0 saturated carbocycles. The summed E-state index contributed by atoms with van der Waals surface area (Å²) in [7, 11) is 2.22.